The zero-order valence-corrected chi connectivity index (χ0v) is 10.9. The van der Waals surface area contributed by atoms with Gasteiger partial charge < -0.3 is 10.8 Å². The molecule has 1 aliphatic rings. The van der Waals surface area contributed by atoms with Crippen molar-refractivity contribution in [2.75, 3.05) is 0 Å². The summed E-state index contributed by atoms with van der Waals surface area (Å²) in [5, 5.41) is 9.07. The van der Waals surface area contributed by atoms with E-state index in [0.717, 1.165) is 31.2 Å². The summed E-state index contributed by atoms with van der Waals surface area (Å²) in [5.74, 6) is -1.04. The monoisotopic (exact) mass is 265 g/mol. The molecule has 3 N–H and O–H groups in total. The molecule has 1 aliphatic carbocycles. The highest BCUT2D eigenvalue weighted by atomic mass is 19.1. The van der Waals surface area contributed by atoms with Crippen LogP contribution < -0.4 is 5.73 Å². The highest BCUT2D eigenvalue weighted by Crippen LogP contribution is 2.46. The molecule has 2 rings (SSSR count). The average Bonchev–Trinajstić information content (AvgIpc) is 2.77. The van der Waals surface area contributed by atoms with Gasteiger partial charge in [0, 0.05) is 6.04 Å². The normalized spacial score (nSPS) is 19.3. The standard InChI is InChI=1S/C15H20FNO2/c16-12-5-3-11(4-6-12)13(17)9-15(10-14(18)19)7-1-2-8-15/h3-6,13H,1-2,7-10,17H2,(H,18,19). The minimum Gasteiger partial charge on any atom is -0.481 e. The number of aliphatic carboxylic acids is 1. The zero-order valence-electron chi connectivity index (χ0n) is 10.9. The predicted octanol–water partition coefficient (Wildman–Crippen LogP) is 3.25. The molecule has 3 nitrogen and oxygen atoms in total. The van der Waals surface area contributed by atoms with Crippen molar-refractivity contribution < 1.29 is 14.3 Å². The second-order valence-corrected chi connectivity index (χ2v) is 5.64. The Morgan fingerprint density at radius 3 is 2.42 bits per heavy atom. The van der Waals surface area contributed by atoms with E-state index < -0.39 is 5.97 Å². The first-order valence-electron chi connectivity index (χ1n) is 6.74. The van der Waals surface area contributed by atoms with E-state index in [1.165, 1.54) is 12.1 Å². The molecule has 104 valence electrons. The molecule has 19 heavy (non-hydrogen) atoms. The number of carboxylic acid groups (broad SMARTS) is 1. The van der Waals surface area contributed by atoms with Gasteiger partial charge >= 0.3 is 5.97 Å². The van der Waals surface area contributed by atoms with Crippen molar-refractivity contribution in [2.45, 2.75) is 44.6 Å². The van der Waals surface area contributed by atoms with E-state index in [-0.39, 0.29) is 23.7 Å². The predicted molar refractivity (Wildman–Crippen MR) is 71.1 cm³/mol. The maximum Gasteiger partial charge on any atom is 0.303 e. The van der Waals surface area contributed by atoms with Gasteiger partial charge in [0.25, 0.3) is 0 Å². The van der Waals surface area contributed by atoms with Crippen LogP contribution in [0.25, 0.3) is 0 Å². The zero-order chi connectivity index (χ0) is 13.9. The first-order valence-corrected chi connectivity index (χ1v) is 6.74. The topological polar surface area (TPSA) is 63.3 Å². The van der Waals surface area contributed by atoms with E-state index in [9.17, 15) is 9.18 Å². The van der Waals surface area contributed by atoms with Crippen LogP contribution in [-0.2, 0) is 4.79 Å². The van der Waals surface area contributed by atoms with E-state index in [4.69, 9.17) is 10.8 Å². The minimum atomic E-state index is -0.756. The van der Waals surface area contributed by atoms with Crippen molar-refractivity contribution in [3.05, 3.63) is 35.6 Å². The molecule has 0 heterocycles. The second-order valence-electron chi connectivity index (χ2n) is 5.64. The number of carbonyl (C=O) groups is 1. The molecule has 1 aromatic carbocycles. The molecule has 0 amide bonds. The van der Waals surface area contributed by atoms with Gasteiger partial charge in [-0.05, 0) is 42.4 Å². The van der Waals surface area contributed by atoms with Crippen LogP contribution in [-0.4, -0.2) is 11.1 Å². The Labute approximate surface area is 112 Å². The first-order chi connectivity index (χ1) is 9.01. The minimum absolute atomic E-state index is 0.181. The Morgan fingerprint density at radius 1 is 1.32 bits per heavy atom. The smallest absolute Gasteiger partial charge is 0.303 e. The fourth-order valence-electron chi connectivity index (χ4n) is 3.19. The van der Waals surface area contributed by atoms with Gasteiger partial charge in [0.05, 0.1) is 6.42 Å². The van der Waals surface area contributed by atoms with Crippen LogP contribution in [0.5, 0.6) is 0 Å². The van der Waals surface area contributed by atoms with Gasteiger partial charge in [-0.25, -0.2) is 4.39 Å². The van der Waals surface area contributed by atoms with E-state index in [1.807, 2.05) is 0 Å². The molecule has 0 bridgehead atoms. The Hall–Kier alpha value is -1.42. The lowest BCUT2D eigenvalue weighted by molar-refractivity contribution is -0.139. The molecule has 0 radical (unpaired) electrons. The van der Waals surface area contributed by atoms with Gasteiger partial charge in [0.1, 0.15) is 5.82 Å². The maximum absolute atomic E-state index is 12.9. The second kappa shape index (κ2) is 5.70. The van der Waals surface area contributed by atoms with Crippen LogP contribution in [0.4, 0.5) is 4.39 Å². The molecule has 0 aliphatic heterocycles. The van der Waals surface area contributed by atoms with E-state index in [0.29, 0.717) is 6.42 Å². The van der Waals surface area contributed by atoms with Crippen LogP contribution in [0.15, 0.2) is 24.3 Å². The number of hydrogen-bond donors (Lipinski definition) is 2. The summed E-state index contributed by atoms with van der Waals surface area (Å²) in [5.41, 5.74) is 6.86. The van der Waals surface area contributed by atoms with Crippen molar-refractivity contribution in [3.63, 3.8) is 0 Å². The van der Waals surface area contributed by atoms with Crippen molar-refractivity contribution in [2.24, 2.45) is 11.1 Å². The van der Waals surface area contributed by atoms with Gasteiger partial charge in [-0.3, -0.25) is 4.79 Å². The third kappa shape index (κ3) is 3.53. The van der Waals surface area contributed by atoms with Gasteiger partial charge in [-0.1, -0.05) is 25.0 Å². The van der Waals surface area contributed by atoms with Crippen LogP contribution in [0.1, 0.15) is 50.1 Å². The Kier molecular flexibility index (Phi) is 4.20. The maximum atomic E-state index is 12.9. The summed E-state index contributed by atoms with van der Waals surface area (Å²) >= 11 is 0. The number of rotatable bonds is 5. The van der Waals surface area contributed by atoms with Crippen LogP contribution >= 0.6 is 0 Å². The molecule has 0 saturated heterocycles. The van der Waals surface area contributed by atoms with E-state index in [2.05, 4.69) is 0 Å². The Balaban J connectivity index is 2.08. The van der Waals surface area contributed by atoms with Gasteiger partial charge in [0.15, 0.2) is 0 Å². The molecule has 1 atom stereocenters. The fraction of sp³-hybridized carbons (Fsp3) is 0.533. The number of carboxylic acids is 1. The summed E-state index contributed by atoms with van der Waals surface area (Å²) in [6, 6.07) is 5.94. The summed E-state index contributed by atoms with van der Waals surface area (Å²) in [6.07, 6.45) is 4.84. The Bertz CT molecular complexity index is 438. The van der Waals surface area contributed by atoms with Gasteiger partial charge in [0.2, 0.25) is 0 Å². The molecule has 0 spiro atoms. The van der Waals surface area contributed by atoms with E-state index in [1.54, 1.807) is 12.1 Å². The van der Waals surface area contributed by atoms with Gasteiger partial charge in [-0.2, -0.15) is 0 Å². The SMILES string of the molecule is NC(CC1(CC(=O)O)CCCC1)c1ccc(F)cc1. The summed E-state index contributed by atoms with van der Waals surface area (Å²) in [4.78, 5) is 11.0. The molecule has 1 fully saturated rings. The summed E-state index contributed by atoms with van der Waals surface area (Å²) in [6.45, 7) is 0. The number of halogens is 1. The van der Waals surface area contributed by atoms with Crippen molar-refractivity contribution >= 4 is 5.97 Å². The lowest BCUT2D eigenvalue weighted by atomic mass is 9.76. The third-order valence-corrected chi connectivity index (χ3v) is 4.14. The van der Waals surface area contributed by atoms with Gasteiger partial charge in [-0.15, -0.1) is 0 Å². The van der Waals surface area contributed by atoms with Crippen LogP contribution in [0, 0.1) is 11.2 Å². The highest BCUT2D eigenvalue weighted by Gasteiger charge is 2.37. The molecular weight excluding hydrogens is 245 g/mol. The molecule has 0 aromatic heterocycles. The number of benzene rings is 1. The van der Waals surface area contributed by atoms with Crippen molar-refractivity contribution in [3.8, 4) is 0 Å². The third-order valence-electron chi connectivity index (χ3n) is 4.14. The first kappa shape index (κ1) is 14.0. The quantitative estimate of drug-likeness (QED) is 0.859. The molecule has 1 unspecified atom stereocenters. The van der Waals surface area contributed by atoms with Crippen LogP contribution in [0.2, 0.25) is 0 Å². The Morgan fingerprint density at radius 2 is 1.89 bits per heavy atom. The average molecular weight is 265 g/mol. The lowest BCUT2D eigenvalue weighted by Crippen LogP contribution is -2.27. The number of hydrogen-bond acceptors (Lipinski definition) is 2. The van der Waals surface area contributed by atoms with E-state index >= 15 is 0 Å². The van der Waals surface area contributed by atoms with Crippen molar-refractivity contribution in [1.82, 2.24) is 0 Å². The van der Waals surface area contributed by atoms with Crippen LogP contribution in [0.3, 0.4) is 0 Å². The lowest BCUT2D eigenvalue weighted by Gasteiger charge is -2.30. The summed E-state index contributed by atoms with van der Waals surface area (Å²) < 4.78 is 12.9. The largest absolute Gasteiger partial charge is 0.481 e. The molecule has 1 saturated carbocycles. The highest BCUT2D eigenvalue weighted by molar-refractivity contribution is 5.67. The molecule has 4 heteroatoms. The van der Waals surface area contributed by atoms with Crippen molar-refractivity contribution in [1.29, 1.82) is 0 Å². The fourth-order valence-corrected chi connectivity index (χ4v) is 3.19. The molecular formula is C15H20FNO2. The molecule has 1 aromatic rings. The number of nitrogens with two attached hydrogens (primary N) is 1. The summed E-state index contributed by atoms with van der Waals surface area (Å²) in [7, 11) is 0.